The van der Waals surface area contributed by atoms with E-state index in [1.165, 1.54) is 12.1 Å². The molecule has 13 heavy (non-hydrogen) atoms. The Hall–Kier alpha value is -2.02. The van der Waals surface area contributed by atoms with Gasteiger partial charge in [0.1, 0.15) is 11.8 Å². The van der Waals surface area contributed by atoms with E-state index in [0.29, 0.717) is 0 Å². The first-order valence-electron chi connectivity index (χ1n) is 4.80. The van der Waals surface area contributed by atoms with Gasteiger partial charge in [0, 0.05) is 0 Å². The Labute approximate surface area is 79.2 Å². The summed E-state index contributed by atoms with van der Waals surface area (Å²) in [5.41, 5.74) is -0.141. The first-order chi connectivity index (χ1) is 7.33. The molecule has 0 aliphatic rings. The first kappa shape index (κ1) is 5.60. The number of carbonyl (C=O) groups excluding carboxylic acids is 1. The van der Waals surface area contributed by atoms with Crippen molar-refractivity contribution in [1.29, 1.82) is 5.26 Å². The summed E-state index contributed by atoms with van der Waals surface area (Å²) in [6.07, 6.45) is 0. The van der Waals surface area contributed by atoms with Crippen molar-refractivity contribution < 1.29 is 18.8 Å². The van der Waals surface area contributed by atoms with Crippen LogP contribution in [0, 0.1) is 11.3 Å². The van der Waals surface area contributed by atoms with Crippen molar-refractivity contribution in [3.05, 3.63) is 29.3 Å². The average molecular weight is 180 g/mol. The first-order valence-corrected chi connectivity index (χ1v) is 3.30. The smallest absolute Gasteiger partial charge is 0.337 e. The van der Waals surface area contributed by atoms with Crippen molar-refractivity contribution in [2.75, 3.05) is 7.04 Å². The highest BCUT2D eigenvalue weighted by atomic mass is 16.5. The standard InChI is InChI=1S/C9H7NO3/c1-13-9(12)6-2-3-7(5-10)8(11)4-6/h2-4,11H,1H3/i1D3. The maximum Gasteiger partial charge on any atom is 0.337 e. The van der Waals surface area contributed by atoms with E-state index in [1.807, 2.05) is 0 Å². The largest absolute Gasteiger partial charge is 0.507 e. The molecular weight excluding hydrogens is 170 g/mol. The van der Waals surface area contributed by atoms with Crippen molar-refractivity contribution >= 4 is 5.97 Å². The summed E-state index contributed by atoms with van der Waals surface area (Å²) in [5.74, 6) is -1.48. The van der Waals surface area contributed by atoms with E-state index in [-0.39, 0.29) is 11.1 Å². The molecule has 0 spiro atoms. The summed E-state index contributed by atoms with van der Waals surface area (Å²) in [4.78, 5) is 11.2. The minimum Gasteiger partial charge on any atom is -0.507 e. The molecule has 0 bridgehead atoms. The number of phenols is 1. The molecule has 1 aromatic carbocycles. The number of esters is 1. The van der Waals surface area contributed by atoms with E-state index in [0.717, 1.165) is 6.07 Å². The van der Waals surface area contributed by atoms with Crippen LogP contribution in [-0.4, -0.2) is 18.1 Å². The number of carbonyl (C=O) groups is 1. The molecule has 0 radical (unpaired) electrons. The molecule has 4 nitrogen and oxygen atoms in total. The predicted octanol–water partition coefficient (Wildman–Crippen LogP) is 1.05. The summed E-state index contributed by atoms with van der Waals surface area (Å²) >= 11 is 0. The van der Waals surface area contributed by atoms with E-state index in [9.17, 15) is 9.90 Å². The maximum absolute atomic E-state index is 11.2. The molecule has 1 N–H and O–H groups in total. The lowest BCUT2D eigenvalue weighted by atomic mass is 10.1. The number of hydrogen-bond acceptors (Lipinski definition) is 4. The minimum atomic E-state index is -2.83. The van der Waals surface area contributed by atoms with E-state index < -0.39 is 18.8 Å². The van der Waals surface area contributed by atoms with Gasteiger partial charge in [0.2, 0.25) is 0 Å². The molecule has 0 saturated heterocycles. The third-order valence-corrected chi connectivity index (χ3v) is 1.45. The Morgan fingerprint density at radius 3 is 3.08 bits per heavy atom. The average Bonchev–Trinajstić information content (AvgIpc) is 2.15. The number of hydrogen-bond donors (Lipinski definition) is 1. The van der Waals surface area contributed by atoms with Gasteiger partial charge in [-0.05, 0) is 18.2 Å². The Morgan fingerprint density at radius 2 is 2.54 bits per heavy atom. The Kier molecular flexibility index (Phi) is 1.54. The number of aromatic hydroxyl groups is 1. The zero-order valence-electron chi connectivity index (χ0n) is 9.44. The van der Waals surface area contributed by atoms with Crippen LogP contribution in [0.3, 0.4) is 0 Å². The molecule has 0 aliphatic carbocycles. The summed E-state index contributed by atoms with van der Waals surface area (Å²) < 4.78 is 24.3. The summed E-state index contributed by atoms with van der Waals surface area (Å²) in [5, 5.41) is 17.8. The van der Waals surface area contributed by atoms with Crippen molar-refractivity contribution in [3.63, 3.8) is 0 Å². The molecule has 0 atom stereocenters. The van der Waals surface area contributed by atoms with Gasteiger partial charge >= 0.3 is 5.97 Å². The number of nitriles is 1. The van der Waals surface area contributed by atoms with Crippen molar-refractivity contribution in [2.45, 2.75) is 0 Å². The SMILES string of the molecule is [2H]C([2H])([2H])OC(=O)c1ccc(C#N)c(O)c1. The van der Waals surface area contributed by atoms with Crippen LogP contribution in [-0.2, 0) is 4.74 Å². The highest BCUT2D eigenvalue weighted by Gasteiger charge is 2.08. The third-order valence-electron chi connectivity index (χ3n) is 1.45. The van der Waals surface area contributed by atoms with Gasteiger partial charge in [-0.15, -0.1) is 0 Å². The fraction of sp³-hybridized carbons (Fsp3) is 0.111. The van der Waals surface area contributed by atoms with Gasteiger partial charge in [0.05, 0.1) is 22.3 Å². The monoisotopic (exact) mass is 180 g/mol. The van der Waals surface area contributed by atoms with Crippen LogP contribution in [0.25, 0.3) is 0 Å². The molecule has 1 rings (SSSR count). The molecule has 0 heterocycles. The van der Waals surface area contributed by atoms with E-state index in [2.05, 4.69) is 4.74 Å². The van der Waals surface area contributed by atoms with E-state index >= 15 is 0 Å². The van der Waals surface area contributed by atoms with E-state index in [4.69, 9.17) is 9.37 Å². The van der Waals surface area contributed by atoms with Crippen molar-refractivity contribution in [1.82, 2.24) is 0 Å². The number of methoxy groups -OCH3 is 1. The number of nitrogens with zero attached hydrogens (tertiary/aromatic N) is 1. The third kappa shape index (κ3) is 1.76. The second kappa shape index (κ2) is 3.59. The number of benzene rings is 1. The second-order valence-electron chi connectivity index (χ2n) is 2.23. The fourth-order valence-electron chi connectivity index (χ4n) is 0.812. The lowest BCUT2D eigenvalue weighted by Crippen LogP contribution is -2.00. The quantitative estimate of drug-likeness (QED) is 0.656. The fourth-order valence-corrected chi connectivity index (χ4v) is 0.812. The van der Waals surface area contributed by atoms with Crippen molar-refractivity contribution in [3.8, 4) is 11.8 Å². The van der Waals surface area contributed by atoms with Crippen LogP contribution in [0.2, 0.25) is 0 Å². The van der Waals surface area contributed by atoms with Gasteiger partial charge in [0.25, 0.3) is 0 Å². The maximum atomic E-state index is 11.2. The van der Waals surface area contributed by atoms with Crippen LogP contribution in [0.1, 0.15) is 20.0 Å². The Balaban J connectivity index is 2.95. The number of ether oxygens (including phenoxy) is 1. The van der Waals surface area contributed by atoms with Gasteiger partial charge in [-0.1, -0.05) is 0 Å². The van der Waals surface area contributed by atoms with Gasteiger partial charge in [-0.25, -0.2) is 4.79 Å². The van der Waals surface area contributed by atoms with Crippen LogP contribution < -0.4 is 0 Å². The van der Waals surface area contributed by atoms with Crippen molar-refractivity contribution in [2.24, 2.45) is 0 Å². The lowest BCUT2D eigenvalue weighted by molar-refractivity contribution is 0.0600. The molecule has 0 fully saturated rings. The predicted molar refractivity (Wildman–Crippen MR) is 44.2 cm³/mol. The van der Waals surface area contributed by atoms with Crippen LogP contribution >= 0.6 is 0 Å². The van der Waals surface area contributed by atoms with Gasteiger partial charge in [-0.3, -0.25) is 0 Å². The summed E-state index contributed by atoms with van der Waals surface area (Å²) in [6, 6.07) is 5.08. The van der Waals surface area contributed by atoms with Crippen LogP contribution in [0.4, 0.5) is 0 Å². The van der Waals surface area contributed by atoms with Gasteiger partial charge < -0.3 is 9.84 Å². The zero-order chi connectivity index (χ0) is 12.3. The summed E-state index contributed by atoms with van der Waals surface area (Å²) in [7, 11) is -2.83. The highest BCUT2D eigenvalue weighted by Crippen LogP contribution is 2.17. The lowest BCUT2D eigenvalue weighted by Gasteiger charge is -2.00. The topological polar surface area (TPSA) is 70.3 Å². The molecular formula is C9H7NO3. The van der Waals surface area contributed by atoms with E-state index in [1.54, 1.807) is 6.07 Å². The highest BCUT2D eigenvalue weighted by molar-refractivity contribution is 5.90. The summed E-state index contributed by atoms with van der Waals surface area (Å²) in [6.45, 7) is 0. The zero-order valence-corrected chi connectivity index (χ0v) is 6.44. The second-order valence-corrected chi connectivity index (χ2v) is 2.23. The Morgan fingerprint density at radius 1 is 1.77 bits per heavy atom. The molecule has 1 aromatic rings. The molecule has 0 aliphatic heterocycles. The molecule has 0 saturated carbocycles. The molecule has 0 amide bonds. The molecule has 4 heteroatoms. The minimum absolute atomic E-state index is 0.00886. The molecule has 66 valence electrons. The van der Waals surface area contributed by atoms with Gasteiger partial charge in [-0.2, -0.15) is 5.26 Å². The van der Waals surface area contributed by atoms with Crippen LogP contribution in [0.15, 0.2) is 18.2 Å². The molecule has 0 unspecified atom stereocenters. The Bertz CT molecular complexity index is 462. The van der Waals surface area contributed by atoms with Gasteiger partial charge in [0.15, 0.2) is 0 Å². The normalized spacial score (nSPS) is 13.3. The number of rotatable bonds is 1. The molecule has 0 aromatic heterocycles. The van der Waals surface area contributed by atoms with Crippen LogP contribution in [0.5, 0.6) is 5.75 Å². The number of phenolic OH excluding ortho intramolecular Hbond substituents is 1.